The van der Waals surface area contributed by atoms with Crippen LogP contribution in [0.4, 0.5) is 0 Å². The number of ether oxygens (including phenoxy) is 2. The molecule has 2 aliphatic heterocycles. The van der Waals surface area contributed by atoms with E-state index in [4.69, 9.17) is 9.47 Å². The van der Waals surface area contributed by atoms with Crippen LogP contribution in [0.1, 0.15) is 53.4 Å². The van der Waals surface area contributed by atoms with E-state index < -0.39 is 0 Å². The van der Waals surface area contributed by atoms with Gasteiger partial charge in [0.15, 0.2) is 0 Å². The first kappa shape index (κ1) is 12.9. The summed E-state index contributed by atoms with van der Waals surface area (Å²) in [5, 5.41) is 0. The third kappa shape index (κ3) is 2.12. The lowest BCUT2D eigenvalue weighted by Crippen LogP contribution is -2.14. The van der Waals surface area contributed by atoms with Crippen LogP contribution in [0.15, 0.2) is 0 Å². The molecule has 2 saturated heterocycles. The van der Waals surface area contributed by atoms with E-state index in [1.165, 1.54) is 32.1 Å². The average Bonchev–Trinajstić information content (AvgIpc) is 3.18. The number of fused-ring (bicyclic) bond motifs is 6. The third-order valence-electron chi connectivity index (χ3n) is 5.69. The van der Waals surface area contributed by atoms with Crippen LogP contribution in [0.25, 0.3) is 0 Å². The molecular weight excluding hydrogens is 224 g/mol. The molecule has 104 valence electrons. The average molecular weight is 252 g/mol. The first-order valence-electron chi connectivity index (χ1n) is 7.53. The lowest BCUT2D eigenvalue weighted by Gasteiger charge is -2.11. The fraction of sp³-hybridized carbons (Fsp3) is 1.00. The van der Waals surface area contributed by atoms with Gasteiger partial charge in [0.1, 0.15) is 0 Å². The van der Waals surface area contributed by atoms with Crippen molar-refractivity contribution in [3.05, 3.63) is 0 Å². The van der Waals surface area contributed by atoms with Crippen molar-refractivity contribution in [1.29, 1.82) is 0 Å². The molecule has 2 nitrogen and oxygen atoms in total. The van der Waals surface area contributed by atoms with Crippen molar-refractivity contribution < 1.29 is 9.47 Å². The highest BCUT2D eigenvalue weighted by Gasteiger charge is 2.61. The van der Waals surface area contributed by atoms with Gasteiger partial charge in [-0.05, 0) is 55.8 Å². The molecule has 0 aromatic carbocycles. The summed E-state index contributed by atoms with van der Waals surface area (Å²) < 4.78 is 10.9. The van der Waals surface area contributed by atoms with E-state index in [0.29, 0.717) is 12.2 Å². The predicted octanol–water partition coefficient (Wildman–Crippen LogP) is 3.64. The monoisotopic (exact) mass is 252 g/mol. The van der Waals surface area contributed by atoms with E-state index in [9.17, 15) is 0 Å². The standard InChI is InChI=1S/C8H12O.C7H12O.CH4/c1-4-2-5-3-6(4)8-7(5)9-8;1-5-2-3-6-7(4-5)8-6;/h4-8H,2-3H2,1H3;5-7H,2-4H2,1H3;1H4. The highest BCUT2D eigenvalue weighted by Crippen LogP contribution is 2.58. The second-order valence-electron chi connectivity index (χ2n) is 7.07. The lowest BCUT2D eigenvalue weighted by molar-refractivity contribution is 0.254. The molecule has 3 aliphatic carbocycles. The van der Waals surface area contributed by atoms with Gasteiger partial charge in [-0.3, -0.25) is 0 Å². The molecule has 0 spiro atoms. The molecule has 18 heavy (non-hydrogen) atoms. The van der Waals surface area contributed by atoms with Crippen LogP contribution in [0.2, 0.25) is 0 Å². The zero-order chi connectivity index (χ0) is 11.6. The molecule has 0 radical (unpaired) electrons. The topological polar surface area (TPSA) is 25.1 Å². The molecule has 5 aliphatic rings. The van der Waals surface area contributed by atoms with Gasteiger partial charge in [0.05, 0.1) is 24.4 Å². The Morgan fingerprint density at radius 1 is 0.833 bits per heavy atom. The molecule has 8 atom stereocenters. The molecule has 0 aromatic rings. The summed E-state index contributed by atoms with van der Waals surface area (Å²) in [4.78, 5) is 0. The Balaban J connectivity index is 0.000000106. The van der Waals surface area contributed by atoms with Crippen LogP contribution >= 0.6 is 0 Å². The second kappa shape index (κ2) is 4.49. The van der Waals surface area contributed by atoms with Gasteiger partial charge in [0.25, 0.3) is 0 Å². The minimum Gasteiger partial charge on any atom is -0.370 e. The first-order chi connectivity index (χ1) is 8.22. The van der Waals surface area contributed by atoms with Crippen molar-refractivity contribution in [2.24, 2.45) is 23.7 Å². The summed E-state index contributed by atoms with van der Waals surface area (Å²) in [5.74, 6) is 3.83. The van der Waals surface area contributed by atoms with Crippen LogP contribution in [0.5, 0.6) is 0 Å². The van der Waals surface area contributed by atoms with E-state index in [1.54, 1.807) is 0 Å². The summed E-state index contributed by atoms with van der Waals surface area (Å²) in [6, 6.07) is 0. The fourth-order valence-corrected chi connectivity index (χ4v) is 4.52. The molecule has 0 amide bonds. The highest BCUT2D eigenvalue weighted by molar-refractivity contribution is 5.09. The van der Waals surface area contributed by atoms with Gasteiger partial charge in [-0.1, -0.05) is 21.3 Å². The van der Waals surface area contributed by atoms with Crippen molar-refractivity contribution in [3.8, 4) is 0 Å². The van der Waals surface area contributed by atoms with Crippen molar-refractivity contribution in [2.75, 3.05) is 0 Å². The van der Waals surface area contributed by atoms with E-state index in [1.807, 2.05) is 0 Å². The number of rotatable bonds is 0. The normalized spacial score (nSPS) is 57.7. The zero-order valence-electron chi connectivity index (χ0n) is 11.0. The highest BCUT2D eigenvalue weighted by atomic mass is 16.6. The molecule has 8 unspecified atom stereocenters. The maximum absolute atomic E-state index is 5.51. The van der Waals surface area contributed by atoms with Crippen molar-refractivity contribution >= 4 is 0 Å². The molecule has 5 rings (SSSR count). The number of hydrogen-bond donors (Lipinski definition) is 0. The van der Waals surface area contributed by atoms with E-state index in [-0.39, 0.29) is 7.43 Å². The molecule has 0 aromatic heterocycles. The predicted molar refractivity (Wildman–Crippen MR) is 72.4 cm³/mol. The van der Waals surface area contributed by atoms with Crippen LogP contribution in [-0.4, -0.2) is 24.4 Å². The summed E-state index contributed by atoms with van der Waals surface area (Å²) in [5.41, 5.74) is 0. The van der Waals surface area contributed by atoms with E-state index in [0.717, 1.165) is 35.9 Å². The van der Waals surface area contributed by atoms with Gasteiger partial charge in [-0.15, -0.1) is 0 Å². The second-order valence-corrected chi connectivity index (χ2v) is 7.07. The molecule has 5 fully saturated rings. The van der Waals surface area contributed by atoms with Crippen molar-refractivity contribution in [3.63, 3.8) is 0 Å². The van der Waals surface area contributed by atoms with E-state index >= 15 is 0 Å². The largest absolute Gasteiger partial charge is 0.370 e. The minimum atomic E-state index is 0. The Hall–Kier alpha value is -0.0800. The maximum Gasteiger partial charge on any atom is 0.0875 e. The Bertz CT molecular complexity index is 312. The molecule has 2 bridgehead atoms. The maximum atomic E-state index is 5.51. The summed E-state index contributed by atoms with van der Waals surface area (Å²) in [7, 11) is 0. The molecular formula is C16H28O2. The molecule has 2 heteroatoms. The van der Waals surface area contributed by atoms with Gasteiger partial charge in [0, 0.05) is 0 Å². The van der Waals surface area contributed by atoms with Crippen molar-refractivity contribution in [1.82, 2.24) is 0 Å². The Morgan fingerprint density at radius 2 is 1.67 bits per heavy atom. The van der Waals surface area contributed by atoms with E-state index in [2.05, 4.69) is 13.8 Å². The van der Waals surface area contributed by atoms with Gasteiger partial charge in [-0.25, -0.2) is 0 Å². The van der Waals surface area contributed by atoms with Crippen LogP contribution in [0, 0.1) is 23.7 Å². The Kier molecular flexibility index (Phi) is 3.22. The molecule has 2 heterocycles. The summed E-state index contributed by atoms with van der Waals surface area (Å²) >= 11 is 0. The number of epoxide rings is 2. The smallest absolute Gasteiger partial charge is 0.0875 e. The summed E-state index contributed by atoms with van der Waals surface area (Å²) in [6.07, 6.45) is 9.79. The lowest BCUT2D eigenvalue weighted by atomic mass is 9.91. The Labute approximate surface area is 111 Å². The number of hydrogen-bond acceptors (Lipinski definition) is 2. The van der Waals surface area contributed by atoms with Gasteiger partial charge in [0.2, 0.25) is 0 Å². The Morgan fingerprint density at radius 3 is 2.22 bits per heavy atom. The molecule has 3 saturated carbocycles. The van der Waals surface area contributed by atoms with Gasteiger partial charge < -0.3 is 9.47 Å². The molecule has 0 N–H and O–H groups in total. The third-order valence-corrected chi connectivity index (χ3v) is 5.69. The van der Waals surface area contributed by atoms with Crippen LogP contribution in [0.3, 0.4) is 0 Å². The van der Waals surface area contributed by atoms with Crippen LogP contribution < -0.4 is 0 Å². The fourth-order valence-electron chi connectivity index (χ4n) is 4.52. The van der Waals surface area contributed by atoms with Gasteiger partial charge >= 0.3 is 0 Å². The minimum absolute atomic E-state index is 0. The first-order valence-corrected chi connectivity index (χ1v) is 7.53. The van der Waals surface area contributed by atoms with Crippen LogP contribution in [-0.2, 0) is 9.47 Å². The summed E-state index contributed by atoms with van der Waals surface area (Å²) in [6.45, 7) is 4.69. The zero-order valence-corrected chi connectivity index (χ0v) is 11.0. The SMILES string of the molecule is C.CC1CC2CC1C1OC21.CC1CCC2OC2C1. The van der Waals surface area contributed by atoms with Crippen molar-refractivity contribution in [2.45, 2.75) is 77.8 Å². The van der Waals surface area contributed by atoms with Gasteiger partial charge in [-0.2, -0.15) is 0 Å². The quantitative estimate of drug-likeness (QED) is 0.615.